The van der Waals surface area contributed by atoms with Crippen LogP contribution in [0.2, 0.25) is 0 Å². The maximum Gasteiger partial charge on any atom is 0.330 e. The first-order chi connectivity index (χ1) is 10.1. The second-order valence-corrected chi connectivity index (χ2v) is 4.59. The van der Waals surface area contributed by atoms with E-state index < -0.39 is 18.2 Å². The molecule has 0 radical (unpaired) electrons. The predicted octanol–water partition coefficient (Wildman–Crippen LogP) is 0.882. The second-order valence-electron chi connectivity index (χ2n) is 4.59. The van der Waals surface area contributed by atoms with E-state index in [1.165, 1.54) is 10.8 Å². The van der Waals surface area contributed by atoms with Gasteiger partial charge in [0.1, 0.15) is 12.1 Å². The third-order valence-electron chi connectivity index (χ3n) is 3.21. The molecule has 0 spiro atoms. The van der Waals surface area contributed by atoms with Gasteiger partial charge in [0.2, 0.25) is 0 Å². The van der Waals surface area contributed by atoms with Gasteiger partial charge in [-0.1, -0.05) is 30.3 Å². The number of fused-ring (bicyclic) bond motifs is 1. The standard InChI is InChI=1S/C14H12N4O3/c1-17-10-7-15-12(9-5-3-2-4-6-9)16-13(10)18(14(17)21)8-11(19)20/h2-7H,8H2,1H3,(H,19,20). The van der Waals surface area contributed by atoms with E-state index in [0.717, 1.165) is 10.1 Å². The fourth-order valence-electron chi connectivity index (χ4n) is 2.18. The van der Waals surface area contributed by atoms with Crippen molar-refractivity contribution in [1.82, 2.24) is 19.1 Å². The number of aliphatic carboxylic acids is 1. The van der Waals surface area contributed by atoms with Crippen molar-refractivity contribution in [2.75, 3.05) is 0 Å². The van der Waals surface area contributed by atoms with Crippen LogP contribution >= 0.6 is 0 Å². The molecule has 1 aromatic carbocycles. The molecule has 21 heavy (non-hydrogen) atoms. The first-order valence-corrected chi connectivity index (χ1v) is 6.27. The average molecular weight is 284 g/mol. The molecule has 2 aromatic heterocycles. The molecule has 0 aliphatic carbocycles. The number of carboxylic acid groups (broad SMARTS) is 1. The van der Waals surface area contributed by atoms with Gasteiger partial charge in [-0.3, -0.25) is 13.9 Å². The van der Waals surface area contributed by atoms with Gasteiger partial charge in [-0.05, 0) is 0 Å². The highest BCUT2D eigenvalue weighted by Crippen LogP contribution is 2.17. The number of aromatic nitrogens is 4. The molecule has 3 aromatic rings. The predicted molar refractivity (Wildman–Crippen MR) is 75.8 cm³/mol. The Morgan fingerprint density at radius 1 is 1.29 bits per heavy atom. The van der Waals surface area contributed by atoms with E-state index in [1.807, 2.05) is 30.3 Å². The molecule has 0 aliphatic rings. The van der Waals surface area contributed by atoms with Crippen LogP contribution in [-0.2, 0) is 18.4 Å². The average Bonchev–Trinajstić information content (AvgIpc) is 2.72. The molecule has 0 fully saturated rings. The number of aryl methyl sites for hydroxylation is 1. The molecule has 7 heteroatoms. The molecular formula is C14H12N4O3. The van der Waals surface area contributed by atoms with Gasteiger partial charge >= 0.3 is 11.7 Å². The van der Waals surface area contributed by atoms with Gasteiger partial charge < -0.3 is 5.11 Å². The van der Waals surface area contributed by atoms with Crippen LogP contribution in [0.15, 0.2) is 41.3 Å². The van der Waals surface area contributed by atoms with Gasteiger partial charge in [-0.2, -0.15) is 0 Å². The summed E-state index contributed by atoms with van der Waals surface area (Å²) < 4.78 is 2.47. The maximum absolute atomic E-state index is 12.1. The number of hydrogen-bond acceptors (Lipinski definition) is 4. The van der Waals surface area contributed by atoms with Crippen LogP contribution in [0.1, 0.15) is 0 Å². The topological polar surface area (TPSA) is 90.0 Å². The Morgan fingerprint density at radius 3 is 2.67 bits per heavy atom. The molecule has 0 atom stereocenters. The van der Waals surface area contributed by atoms with Crippen LogP contribution in [0.25, 0.3) is 22.6 Å². The Hall–Kier alpha value is -2.96. The summed E-state index contributed by atoms with van der Waals surface area (Å²) in [5.74, 6) is -0.641. The van der Waals surface area contributed by atoms with E-state index in [4.69, 9.17) is 5.11 Å². The van der Waals surface area contributed by atoms with Crippen LogP contribution in [0.4, 0.5) is 0 Å². The van der Waals surface area contributed by atoms with Crippen molar-refractivity contribution in [2.24, 2.45) is 7.05 Å². The molecule has 0 bridgehead atoms. The smallest absolute Gasteiger partial charge is 0.330 e. The first-order valence-electron chi connectivity index (χ1n) is 6.27. The van der Waals surface area contributed by atoms with Crippen molar-refractivity contribution in [3.8, 4) is 11.4 Å². The van der Waals surface area contributed by atoms with Crippen LogP contribution in [0.5, 0.6) is 0 Å². The minimum atomic E-state index is -1.09. The number of carboxylic acids is 1. The van der Waals surface area contributed by atoms with E-state index in [-0.39, 0.29) is 0 Å². The molecule has 3 rings (SSSR count). The quantitative estimate of drug-likeness (QED) is 0.771. The normalized spacial score (nSPS) is 10.9. The Kier molecular flexibility index (Phi) is 3.02. The lowest BCUT2D eigenvalue weighted by Crippen LogP contribution is -2.25. The summed E-state index contributed by atoms with van der Waals surface area (Å²) in [5.41, 5.74) is 1.20. The summed E-state index contributed by atoms with van der Waals surface area (Å²) in [4.78, 5) is 31.6. The number of carbonyl (C=O) groups is 1. The zero-order valence-electron chi connectivity index (χ0n) is 11.2. The third kappa shape index (κ3) is 2.18. The van der Waals surface area contributed by atoms with Gasteiger partial charge in [-0.15, -0.1) is 0 Å². The summed E-state index contributed by atoms with van der Waals surface area (Å²) in [6.07, 6.45) is 1.53. The third-order valence-corrected chi connectivity index (χ3v) is 3.21. The zero-order chi connectivity index (χ0) is 15.0. The summed E-state index contributed by atoms with van der Waals surface area (Å²) >= 11 is 0. The van der Waals surface area contributed by atoms with Crippen LogP contribution in [-0.4, -0.2) is 30.2 Å². The Morgan fingerprint density at radius 2 is 2.00 bits per heavy atom. The summed E-state index contributed by atoms with van der Waals surface area (Å²) in [6, 6.07) is 9.30. The van der Waals surface area contributed by atoms with Gasteiger partial charge in [0, 0.05) is 12.6 Å². The van der Waals surface area contributed by atoms with Crippen molar-refractivity contribution in [3.05, 3.63) is 47.0 Å². The van der Waals surface area contributed by atoms with Crippen LogP contribution in [0.3, 0.4) is 0 Å². The molecule has 0 saturated heterocycles. The lowest BCUT2D eigenvalue weighted by atomic mass is 10.2. The molecule has 0 aliphatic heterocycles. The van der Waals surface area contributed by atoms with Crippen molar-refractivity contribution in [1.29, 1.82) is 0 Å². The zero-order valence-corrected chi connectivity index (χ0v) is 11.2. The lowest BCUT2D eigenvalue weighted by Gasteiger charge is -2.01. The Balaban J connectivity index is 2.25. The van der Waals surface area contributed by atoms with E-state index in [2.05, 4.69) is 9.97 Å². The maximum atomic E-state index is 12.1. The van der Waals surface area contributed by atoms with Gasteiger partial charge in [0.25, 0.3) is 0 Å². The Bertz CT molecular complexity index is 880. The van der Waals surface area contributed by atoms with E-state index in [9.17, 15) is 9.59 Å². The number of hydrogen-bond donors (Lipinski definition) is 1. The first kappa shape index (κ1) is 13.0. The largest absolute Gasteiger partial charge is 0.480 e. The van der Waals surface area contributed by atoms with E-state index >= 15 is 0 Å². The van der Waals surface area contributed by atoms with Crippen molar-refractivity contribution >= 4 is 17.1 Å². The second kappa shape index (κ2) is 4.86. The lowest BCUT2D eigenvalue weighted by molar-refractivity contribution is -0.137. The highest BCUT2D eigenvalue weighted by molar-refractivity contribution is 5.76. The van der Waals surface area contributed by atoms with Crippen LogP contribution in [0, 0.1) is 0 Å². The molecule has 0 unspecified atom stereocenters. The van der Waals surface area contributed by atoms with Gasteiger partial charge in [0.15, 0.2) is 11.5 Å². The molecule has 7 nitrogen and oxygen atoms in total. The molecule has 106 valence electrons. The highest BCUT2D eigenvalue weighted by Gasteiger charge is 2.15. The molecule has 0 saturated carbocycles. The fraction of sp³-hybridized carbons (Fsp3) is 0.143. The van der Waals surface area contributed by atoms with Crippen molar-refractivity contribution < 1.29 is 9.90 Å². The highest BCUT2D eigenvalue weighted by atomic mass is 16.4. The minimum Gasteiger partial charge on any atom is -0.480 e. The van der Waals surface area contributed by atoms with Gasteiger partial charge in [-0.25, -0.2) is 14.8 Å². The monoisotopic (exact) mass is 284 g/mol. The minimum absolute atomic E-state index is 0.318. The molecule has 0 amide bonds. The van der Waals surface area contributed by atoms with Gasteiger partial charge in [0.05, 0.1) is 6.20 Å². The molecule has 1 N–H and O–H groups in total. The number of benzene rings is 1. The van der Waals surface area contributed by atoms with Crippen molar-refractivity contribution in [2.45, 2.75) is 6.54 Å². The molecule has 2 heterocycles. The summed E-state index contributed by atoms with van der Waals surface area (Å²) in [5, 5.41) is 8.93. The van der Waals surface area contributed by atoms with Crippen molar-refractivity contribution in [3.63, 3.8) is 0 Å². The summed E-state index contributed by atoms with van der Waals surface area (Å²) in [7, 11) is 1.56. The number of imidazole rings is 1. The fourth-order valence-corrected chi connectivity index (χ4v) is 2.18. The molecular weight excluding hydrogens is 272 g/mol. The Labute approximate surface area is 119 Å². The van der Waals surface area contributed by atoms with E-state index in [0.29, 0.717) is 17.0 Å². The van der Waals surface area contributed by atoms with E-state index in [1.54, 1.807) is 7.05 Å². The van der Waals surface area contributed by atoms with Crippen LogP contribution < -0.4 is 5.69 Å². The number of rotatable bonds is 3. The SMILES string of the molecule is Cn1c(=O)n(CC(=O)O)c2nc(-c3ccccc3)ncc21. The summed E-state index contributed by atoms with van der Waals surface area (Å²) in [6.45, 7) is -0.429. The number of nitrogens with zero attached hydrogens (tertiary/aromatic N) is 4.